The van der Waals surface area contributed by atoms with Crippen LogP contribution in [0, 0.1) is 11.8 Å². The van der Waals surface area contributed by atoms with Crippen LogP contribution in [0.3, 0.4) is 0 Å². The second kappa shape index (κ2) is 7.60. The Labute approximate surface area is 114 Å². The van der Waals surface area contributed by atoms with Gasteiger partial charge in [0.1, 0.15) is 6.61 Å². The first-order chi connectivity index (χ1) is 9.12. The van der Waals surface area contributed by atoms with E-state index in [1.54, 1.807) is 37.3 Å². The highest BCUT2D eigenvalue weighted by Gasteiger charge is 2.19. The molecule has 4 heteroatoms. The highest BCUT2D eigenvalue weighted by molar-refractivity contribution is 7.95. The first-order valence-electron chi connectivity index (χ1n) is 5.79. The number of benzene rings is 1. The van der Waals surface area contributed by atoms with Crippen molar-refractivity contribution in [2.24, 2.45) is 0 Å². The fraction of sp³-hybridized carbons (Fsp3) is 0.267. The lowest BCUT2D eigenvalue weighted by atomic mass is 10.4. The average molecular weight is 276 g/mol. The van der Waals surface area contributed by atoms with Gasteiger partial charge in [-0.1, -0.05) is 30.7 Å². The second-order valence-electron chi connectivity index (χ2n) is 3.65. The molecule has 0 heterocycles. The molecule has 1 rings (SSSR count). The quantitative estimate of drug-likeness (QED) is 0.455. The molecule has 0 aliphatic heterocycles. The lowest BCUT2D eigenvalue weighted by Gasteiger charge is -2.06. The predicted octanol–water partition coefficient (Wildman–Crippen LogP) is 2.56. The molecule has 0 N–H and O–H groups in total. The molecule has 0 aliphatic carbocycles. The average Bonchev–Trinajstić information content (AvgIpc) is 2.43. The lowest BCUT2D eigenvalue weighted by Crippen LogP contribution is -2.07. The van der Waals surface area contributed by atoms with Gasteiger partial charge in [0.25, 0.3) is 0 Å². The van der Waals surface area contributed by atoms with E-state index in [9.17, 15) is 8.42 Å². The summed E-state index contributed by atoms with van der Waals surface area (Å²) in [6.07, 6.45) is 0.242. The molecule has 0 atom stereocenters. The first kappa shape index (κ1) is 15.3. The zero-order valence-corrected chi connectivity index (χ0v) is 11.7. The van der Waals surface area contributed by atoms with Crippen LogP contribution in [-0.4, -0.2) is 21.6 Å². The minimum absolute atomic E-state index is 0.142. The van der Waals surface area contributed by atoms with Gasteiger partial charge in [0.15, 0.2) is 0 Å². The normalized spacial score (nSPS) is 10.2. The Hall–Kier alpha value is -1.79. The van der Waals surface area contributed by atoms with E-state index in [2.05, 4.69) is 24.2 Å². The van der Waals surface area contributed by atoms with Crippen molar-refractivity contribution >= 4 is 9.84 Å². The van der Waals surface area contributed by atoms with E-state index in [0.29, 0.717) is 6.61 Å². The molecule has 0 amide bonds. The van der Waals surface area contributed by atoms with E-state index in [1.807, 2.05) is 0 Å². The van der Waals surface area contributed by atoms with Gasteiger partial charge in [0.05, 0.1) is 16.4 Å². The van der Waals surface area contributed by atoms with Crippen LogP contribution in [0.1, 0.15) is 13.3 Å². The number of hydrogen-bond acceptors (Lipinski definition) is 3. The monoisotopic (exact) mass is 276 g/mol. The van der Waals surface area contributed by atoms with E-state index >= 15 is 0 Å². The Morgan fingerprint density at radius 1 is 1.32 bits per heavy atom. The van der Waals surface area contributed by atoms with Crippen molar-refractivity contribution in [3.63, 3.8) is 0 Å². The van der Waals surface area contributed by atoms with Crippen LogP contribution in [-0.2, 0) is 14.6 Å². The Balaban J connectivity index is 2.75. The van der Waals surface area contributed by atoms with Crippen LogP contribution in [0.25, 0.3) is 0 Å². The SMILES string of the molecule is C=C=C(CCOCC#CC)S(=O)(=O)c1ccccc1. The standard InChI is InChI=1S/C15H16O3S/c1-3-5-12-18-13-11-14(4-2)19(16,17)15-9-7-6-8-10-15/h6-10H,2,11-13H2,1H3. The van der Waals surface area contributed by atoms with Crippen LogP contribution in [0.4, 0.5) is 0 Å². The van der Waals surface area contributed by atoms with Crippen LogP contribution >= 0.6 is 0 Å². The van der Waals surface area contributed by atoms with E-state index in [-0.39, 0.29) is 22.8 Å². The topological polar surface area (TPSA) is 43.4 Å². The zero-order chi connectivity index (χ0) is 14.1. The minimum Gasteiger partial charge on any atom is -0.368 e. The molecule has 1 aromatic rings. The van der Waals surface area contributed by atoms with Crippen molar-refractivity contribution in [3.05, 3.63) is 47.5 Å². The molecule has 0 unspecified atom stereocenters. The van der Waals surface area contributed by atoms with E-state index < -0.39 is 9.84 Å². The third kappa shape index (κ3) is 4.42. The lowest BCUT2D eigenvalue weighted by molar-refractivity contribution is 0.171. The van der Waals surface area contributed by atoms with Gasteiger partial charge in [-0.2, -0.15) is 0 Å². The molecule has 0 aliphatic rings. The van der Waals surface area contributed by atoms with Gasteiger partial charge in [0, 0.05) is 6.42 Å². The highest BCUT2D eigenvalue weighted by atomic mass is 32.2. The number of ether oxygens (including phenoxy) is 1. The van der Waals surface area contributed by atoms with E-state index in [0.717, 1.165) is 0 Å². The molecule has 0 fully saturated rings. The molecule has 0 spiro atoms. The van der Waals surface area contributed by atoms with Crippen molar-refractivity contribution in [1.82, 2.24) is 0 Å². The maximum absolute atomic E-state index is 12.3. The number of rotatable bonds is 6. The van der Waals surface area contributed by atoms with Gasteiger partial charge in [0.2, 0.25) is 9.84 Å². The Kier molecular flexibility index (Phi) is 6.11. The molecule has 19 heavy (non-hydrogen) atoms. The van der Waals surface area contributed by atoms with Gasteiger partial charge < -0.3 is 4.74 Å². The largest absolute Gasteiger partial charge is 0.368 e. The van der Waals surface area contributed by atoms with Crippen LogP contribution in [0.2, 0.25) is 0 Å². The van der Waals surface area contributed by atoms with E-state index in [1.165, 1.54) is 0 Å². The Bertz CT molecular complexity index is 612. The Morgan fingerprint density at radius 2 is 2.00 bits per heavy atom. The summed E-state index contributed by atoms with van der Waals surface area (Å²) < 4.78 is 29.7. The van der Waals surface area contributed by atoms with Crippen molar-refractivity contribution in [2.45, 2.75) is 18.2 Å². The number of hydrogen-bond donors (Lipinski definition) is 0. The van der Waals surface area contributed by atoms with Crippen molar-refractivity contribution in [1.29, 1.82) is 0 Å². The maximum atomic E-state index is 12.3. The van der Waals surface area contributed by atoms with E-state index in [4.69, 9.17) is 4.74 Å². The molecule has 100 valence electrons. The molecular formula is C15H16O3S. The third-order valence-corrected chi connectivity index (χ3v) is 4.29. The molecule has 3 nitrogen and oxygen atoms in total. The molecule has 0 saturated heterocycles. The second-order valence-corrected chi connectivity index (χ2v) is 5.62. The Morgan fingerprint density at radius 3 is 2.58 bits per heavy atom. The molecule has 0 saturated carbocycles. The minimum atomic E-state index is -3.52. The van der Waals surface area contributed by atoms with Gasteiger partial charge >= 0.3 is 0 Å². The summed E-state index contributed by atoms with van der Waals surface area (Å²) in [6, 6.07) is 8.23. The van der Waals surface area contributed by atoms with Crippen LogP contribution in [0.15, 0.2) is 52.4 Å². The molecule has 0 aromatic heterocycles. The van der Waals surface area contributed by atoms with Gasteiger partial charge in [-0.3, -0.25) is 0 Å². The maximum Gasteiger partial charge on any atom is 0.210 e. The molecule has 1 aromatic carbocycles. The highest BCUT2D eigenvalue weighted by Crippen LogP contribution is 2.20. The van der Waals surface area contributed by atoms with Crippen molar-refractivity contribution in [3.8, 4) is 11.8 Å². The van der Waals surface area contributed by atoms with Crippen LogP contribution in [0.5, 0.6) is 0 Å². The van der Waals surface area contributed by atoms with Crippen LogP contribution < -0.4 is 0 Å². The third-order valence-electron chi connectivity index (χ3n) is 2.40. The fourth-order valence-electron chi connectivity index (χ4n) is 1.42. The summed E-state index contributed by atoms with van der Waals surface area (Å²) in [7, 11) is -3.52. The van der Waals surface area contributed by atoms with Crippen molar-refractivity contribution in [2.75, 3.05) is 13.2 Å². The fourth-order valence-corrected chi connectivity index (χ4v) is 2.76. The summed E-state index contributed by atoms with van der Waals surface area (Å²) in [5.74, 6) is 5.44. The molecule has 0 radical (unpaired) electrons. The van der Waals surface area contributed by atoms with Gasteiger partial charge in [-0.25, -0.2) is 8.42 Å². The summed E-state index contributed by atoms with van der Waals surface area (Å²) >= 11 is 0. The predicted molar refractivity (Wildman–Crippen MR) is 75.2 cm³/mol. The summed E-state index contributed by atoms with van der Waals surface area (Å²) in [5.41, 5.74) is 2.49. The summed E-state index contributed by atoms with van der Waals surface area (Å²) in [4.78, 5) is 0.387. The first-order valence-corrected chi connectivity index (χ1v) is 7.27. The zero-order valence-electron chi connectivity index (χ0n) is 10.8. The van der Waals surface area contributed by atoms with Gasteiger partial charge in [-0.05, 0) is 19.1 Å². The summed E-state index contributed by atoms with van der Waals surface area (Å²) in [5, 5.41) is 0. The number of sulfone groups is 1. The summed E-state index contributed by atoms with van der Waals surface area (Å²) in [6.45, 7) is 5.74. The molecular weight excluding hydrogens is 260 g/mol. The molecule has 0 bridgehead atoms. The van der Waals surface area contributed by atoms with Gasteiger partial charge in [-0.15, -0.1) is 11.7 Å². The smallest absolute Gasteiger partial charge is 0.210 e. The van der Waals surface area contributed by atoms with Crippen molar-refractivity contribution < 1.29 is 13.2 Å².